The Morgan fingerprint density at radius 2 is 1.34 bits per heavy atom. The van der Waals surface area contributed by atoms with Gasteiger partial charge in [0, 0.05) is 12.4 Å². The first-order chi connectivity index (χ1) is 13.6. The summed E-state index contributed by atoms with van der Waals surface area (Å²) in [7, 11) is -1.54. The summed E-state index contributed by atoms with van der Waals surface area (Å²) >= 11 is 0. The molecule has 1 N–H and O–H groups in total. The molecule has 2 rings (SSSR count). The highest BCUT2D eigenvalue weighted by Gasteiger charge is 2.04. The average molecular weight is 427 g/mol. The predicted molar refractivity (Wildman–Crippen MR) is 115 cm³/mol. The lowest BCUT2D eigenvalue weighted by Gasteiger charge is -2.02. The summed E-state index contributed by atoms with van der Waals surface area (Å²) in [5.41, 5.74) is 0.409. The Hall–Kier alpha value is -3.08. The van der Waals surface area contributed by atoms with Crippen LogP contribution in [-0.4, -0.2) is 38.1 Å². The van der Waals surface area contributed by atoms with Gasteiger partial charge in [0.15, 0.2) is 19.1 Å². The molecule has 162 valence electrons. The third-order valence-electron chi connectivity index (χ3n) is 2.55. The highest BCUT2D eigenvalue weighted by molar-refractivity contribution is 7.59. The number of azo groups is 3. The number of rotatable bonds is 5. The number of benzene rings is 2. The van der Waals surface area contributed by atoms with Crippen LogP contribution in [0.25, 0.3) is 10.8 Å². The molecule has 0 aliphatic heterocycles. The Morgan fingerprint density at radius 1 is 0.828 bits per heavy atom. The molecular formula is C18H30N6O4S. The van der Waals surface area contributed by atoms with Crippen molar-refractivity contribution < 1.29 is 17.7 Å². The van der Waals surface area contributed by atoms with E-state index in [-0.39, 0.29) is 26.5 Å². The first-order valence-electron chi connectivity index (χ1n) is 8.50. The van der Waals surface area contributed by atoms with E-state index in [1.807, 2.05) is 58.0 Å². The summed E-state index contributed by atoms with van der Waals surface area (Å²) in [4.78, 5) is 0. The van der Waals surface area contributed by atoms with Crippen LogP contribution in [0.15, 0.2) is 67.1 Å². The van der Waals surface area contributed by atoms with Crippen molar-refractivity contribution >= 4 is 27.1 Å². The maximum Gasteiger partial charge on any atom is 0.425 e. The van der Waals surface area contributed by atoms with Crippen LogP contribution in [0.1, 0.15) is 35.1 Å². The van der Waals surface area contributed by atoms with Crippen molar-refractivity contribution in [2.24, 2.45) is 30.7 Å². The largest absolute Gasteiger partial charge is 0.505 e. The van der Waals surface area contributed by atoms with Crippen LogP contribution in [0.2, 0.25) is 0 Å². The van der Waals surface area contributed by atoms with Crippen molar-refractivity contribution in [2.75, 3.05) is 20.4 Å². The molecule has 2 aromatic rings. The highest BCUT2D eigenvalue weighted by Crippen LogP contribution is 2.34. The molecule has 2 aromatic carbocycles. The van der Waals surface area contributed by atoms with Crippen molar-refractivity contribution in [1.82, 2.24) is 0 Å². The molecule has 0 fully saturated rings. The summed E-state index contributed by atoms with van der Waals surface area (Å²) in [6, 6.07) is 11.1. The third kappa shape index (κ3) is 14.6. The molecule has 0 atom stereocenters. The molecule has 0 unspecified atom stereocenters. The monoisotopic (exact) mass is 426 g/mol. The number of phenolic OH excluding ortho intramolecular Hbond substituents is 1. The summed E-state index contributed by atoms with van der Waals surface area (Å²) < 4.78 is 25.3. The summed E-state index contributed by atoms with van der Waals surface area (Å²) in [5.74, 6) is 0.114. The normalized spacial score (nSPS) is 9.69. The molecule has 0 amide bonds. The third-order valence-corrected chi connectivity index (χ3v) is 2.55. The van der Waals surface area contributed by atoms with Crippen molar-refractivity contribution in [3.8, 4) is 5.75 Å². The van der Waals surface area contributed by atoms with Gasteiger partial charge in [0.05, 0.1) is 0 Å². The number of phenols is 1. The minimum Gasteiger partial charge on any atom is -0.505 e. The van der Waals surface area contributed by atoms with Crippen LogP contribution in [0.5, 0.6) is 5.75 Å². The van der Waals surface area contributed by atoms with E-state index in [9.17, 15) is 5.11 Å². The Balaban J connectivity index is -0.000000657. The van der Waals surface area contributed by atoms with Gasteiger partial charge in [-0.1, -0.05) is 65.5 Å². The van der Waals surface area contributed by atoms with E-state index in [0.29, 0.717) is 5.69 Å². The molecule has 0 saturated heterocycles. The van der Waals surface area contributed by atoms with Crippen LogP contribution >= 0.6 is 0 Å². The zero-order valence-corrected chi connectivity index (χ0v) is 17.5. The Labute approximate surface area is 173 Å². The van der Waals surface area contributed by atoms with E-state index >= 15 is 0 Å². The maximum absolute atomic E-state index is 10.1. The molecular weight excluding hydrogens is 396 g/mol. The Bertz CT molecular complexity index is 861. The first-order valence-corrected chi connectivity index (χ1v) is 9.50. The molecule has 0 spiro atoms. The van der Waals surface area contributed by atoms with Gasteiger partial charge in [0.25, 0.3) is 0 Å². The van der Waals surface area contributed by atoms with E-state index in [1.54, 1.807) is 13.1 Å². The molecule has 0 aliphatic rings. The van der Waals surface area contributed by atoms with Gasteiger partial charge in [-0.15, -0.1) is 12.6 Å². The standard InChI is InChI=1S/C13H14N6O.2C2H6.CH4.O3S/c1-14-15-8-16-17-9-18-19-12-7-6-10-4-2-3-5-11(10)13(12)20;2*1-2;;1-4(2)3/h2-7,20H,8-9H2,1H3;2*1-2H3;1H4;. The van der Waals surface area contributed by atoms with Gasteiger partial charge in [-0.25, -0.2) is 0 Å². The molecule has 0 bridgehead atoms. The van der Waals surface area contributed by atoms with Crippen LogP contribution in [0.3, 0.4) is 0 Å². The van der Waals surface area contributed by atoms with Crippen molar-refractivity contribution in [1.29, 1.82) is 0 Å². The van der Waals surface area contributed by atoms with Crippen LogP contribution in [0, 0.1) is 0 Å². The molecule has 29 heavy (non-hydrogen) atoms. The molecule has 0 saturated carbocycles. The smallest absolute Gasteiger partial charge is 0.425 e. The SMILES string of the molecule is C.CC.CC.CN=NCN=NCN=Nc1ccc2ccccc2c1O.O=S(=O)=O. The van der Waals surface area contributed by atoms with Crippen LogP contribution in [-0.2, 0) is 10.6 Å². The number of nitrogens with zero attached hydrogens (tertiary/aromatic N) is 6. The highest BCUT2D eigenvalue weighted by atomic mass is 32.2. The number of hydrogen-bond acceptors (Lipinski definition) is 10. The van der Waals surface area contributed by atoms with E-state index in [4.69, 9.17) is 12.6 Å². The zero-order chi connectivity index (χ0) is 21.8. The Morgan fingerprint density at radius 3 is 1.90 bits per heavy atom. The van der Waals surface area contributed by atoms with E-state index in [1.165, 1.54) is 0 Å². The summed E-state index contributed by atoms with van der Waals surface area (Å²) in [6.45, 7) is 8.28. The van der Waals surface area contributed by atoms with Gasteiger partial charge in [-0.3, -0.25) is 0 Å². The van der Waals surface area contributed by atoms with Gasteiger partial charge < -0.3 is 5.11 Å². The number of fused-ring (bicyclic) bond motifs is 1. The molecule has 0 heterocycles. The molecule has 10 nitrogen and oxygen atoms in total. The predicted octanol–water partition coefficient (Wildman–Crippen LogP) is 5.76. The van der Waals surface area contributed by atoms with E-state index in [2.05, 4.69) is 30.7 Å². The van der Waals surface area contributed by atoms with E-state index < -0.39 is 10.6 Å². The minimum atomic E-state index is -3.11. The van der Waals surface area contributed by atoms with Gasteiger partial charge >= 0.3 is 10.6 Å². The number of aromatic hydroxyl groups is 1. The molecule has 0 aliphatic carbocycles. The lowest BCUT2D eigenvalue weighted by Crippen LogP contribution is -1.76. The second kappa shape index (κ2) is 21.2. The average Bonchev–Trinajstić information content (AvgIpc) is 2.72. The quantitative estimate of drug-likeness (QED) is 0.605. The fourth-order valence-electron chi connectivity index (χ4n) is 1.64. The zero-order valence-electron chi connectivity index (χ0n) is 16.6. The van der Waals surface area contributed by atoms with Crippen molar-refractivity contribution in [3.05, 3.63) is 36.4 Å². The van der Waals surface area contributed by atoms with Crippen LogP contribution in [0.4, 0.5) is 5.69 Å². The second-order valence-corrected chi connectivity index (χ2v) is 4.42. The Kier molecular flexibility index (Phi) is 22.4. The van der Waals surface area contributed by atoms with E-state index in [0.717, 1.165) is 10.8 Å². The van der Waals surface area contributed by atoms with Gasteiger partial charge in [-0.2, -0.15) is 30.7 Å². The topological polar surface area (TPSA) is 146 Å². The first kappa shape index (κ1) is 30.6. The lowest BCUT2D eigenvalue weighted by molar-refractivity contribution is 0.482. The van der Waals surface area contributed by atoms with Crippen LogP contribution < -0.4 is 0 Å². The number of hydrogen-bond donors (Lipinski definition) is 1. The maximum atomic E-state index is 10.1. The fraction of sp³-hybridized carbons (Fsp3) is 0.444. The molecule has 0 aromatic heterocycles. The minimum absolute atomic E-state index is 0. The molecule has 11 heteroatoms. The summed E-state index contributed by atoms with van der Waals surface area (Å²) in [6.07, 6.45) is 0. The lowest BCUT2D eigenvalue weighted by atomic mass is 10.1. The van der Waals surface area contributed by atoms with Gasteiger partial charge in [0.1, 0.15) is 5.69 Å². The van der Waals surface area contributed by atoms with Gasteiger partial charge in [0.2, 0.25) is 0 Å². The van der Waals surface area contributed by atoms with Gasteiger partial charge in [-0.05, 0) is 11.5 Å². The van der Waals surface area contributed by atoms with Crippen molar-refractivity contribution in [2.45, 2.75) is 35.1 Å². The molecule has 0 radical (unpaired) electrons. The van der Waals surface area contributed by atoms with Crippen molar-refractivity contribution in [3.63, 3.8) is 0 Å². The second-order valence-electron chi connectivity index (χ2n) is 4.01. The fourth-order valence-corrected chi connectivity index (χ4v) is 1.64. The summed E-state index contributed by atoms with van der Waals surface area (Å²) in [5, 5.41) is 34.2.